The van der Waals surface area contributed by atoms with Crippen LogP contribution in [0.3, 0.4) is 0 Å². The second-order valence-corrected chi connectivity index (χ2v) is 11.7. The number of benzene rings is 6. The standard InChI is InChI=1S/C41H26N4/c1-5-18-36-30(13-1)31-14-2-6-19-37(31)43(36)27-11-9-12-28(25-27)44-38-20-7-4-16-33(38)35-26-29(22-23-40(35)44)45-39-21-8-3-15-32(39)34-17-10-24-42-41(34)45/h1-26H. The number of hydrogen-bond acceptors (Lipinski definition) is 1. The number of aromatic nitrogens is 4. The van der Waals surface area contributed by atoms with Gasteiger partial charge in [-0.2, -0.15) is 0 Å². The Bertz CT molecular complexity index is 2670. The van der Waals surface area contributed by atoms with Gasteiger partial charge < -0.3 is 9.13 Å². The predicted octanol–water partition coefficient (Wildman–Crippen LogP) is 10.4. The molecular weight excluding hydrogens is 548 g/mol. The van der Waals surface area contributed by atoms with Crippen LogP contribution in [0.4, 0.5) is 0 Å². The summed E-state index contributed by atoms with van der Waals surface area (Å²) in [5, 5.41) is 7.35. The van der Waals surface area contributed by atoms with Crippen LogP contribution in [0.25, 0.3) is 82.6 Å². The van der Waals surface area contributed by atoms with Gasteiger partial charge in [0.15, 0.2) is 0 Å². The van der Waals surface area contributed by atoms with Gasteiger partial charge in [0.05, 0.1) is 27.6 Å². The van der Waals surface area contributed by atoms with Gasteiger partial charge in [-0.1, -0.05) is 78.9 Å². The number of para-hydroxylation sites is 4. The van der Waals surface area contributed by atoms with E-state index in [4.69, 9.17) is 4.98 Å². The van der Waals surface area contributed by atoms with E-state index in [1.54, 1.807) is 0 Å². The third kappa shape index (κ3) is 3.39. The molecule has 0 bridgehead atoms. The fourth-order valence-electron chi connectivity index (χ4n) is 7.41. The summed E-state index contributed by atoms with van der Waals surface area (Å²) in [5.74, 6) is 0. The summed E-state index contributed by atoms with van der Waals surface area (Å²) in [6.07, 6.45) is 1.88. The molecule has 10 aromatic rings. The molecule has 0 saturated heterocycles. The van der Waals surface area contributed by atoms with Gasteiger partial charge in [-0.25, -0.2) is 4.98 Å². The van der Waals surface area contributed by atoms with Gasteiger partial charge >= 0.3 is 0 Å². The highest BCUT2D eigenvalue weighted by atomic mass is 15.1. The van der Waals surface area contributed by atoms with Crippen LogP contribution in [0, 0.1) is 0 Å². The number of rotatable bonds is 3. The van der Waals surface area contributed by atoms with Gasteiger partial charge in [0.1, 0.15) is 5.65 Å². The van der Waals surface area contributed by atoms with E-state index in [0.717, 1.165) is 33.6 Å². The maximum absolute atomic E-state index is 4.82. The molecule has 0 saturated carbocycles. The zero-order valence-corrected chi connectivity index (χ0v) is 24.3. The van der Waals surface area contributed by atoms with E-state index in [9.17, 15) is 0 Å². The van der Waals surface area contributed by atoms with Crippen molar-refractivity contribution in [3.63, 3.8) is 0 Å². The lowest BCUT2D eigenvalue weighted by atomic mass is 10.1. The molecule has 0 radical (unpaired) electrons. The Hall–Kier alpha value is -6.13. The van der Waals surface area contributed by atoms with Gasteiger partial charge in [-0.3, -0.25) is 4.57 Å². The zero-order valence-electron chi connectivity index (χ0n) is 24.3. The van der Waals surface area contributed by atoms with Crippen molar-refractivity contribution in [1.82, 2.24) is 18.7 Å². The van der Waals surface area contributed by atoms with Crippen molar-refractivity contribution in [2.75, 3.05) is 0 Å². The molecule has 0 aliphatic rings. The zero-order chi connectivity index (χ0) is 29.5. The molecular formula is C41H26N4. The van der Waals surface area contributed by atoms with Crippen molar-refractivity contribution in [3.8, 4) is 17.1 Å². The topological polar surface area (TPSA) is 27.7 Å². The molecule has 0 amide bonds. The molecule has 0 N–H and O–H groups in total. The van der Waals surface area contributed by atoms with Gasteiger partial charge in [0, 0.05) is 55.6 Å². The quantitative estimate of drug-likeness (QED) is 0.206. The largest absolute Gasteiger partial charge is 0.309 e. The minimum Gasteiger partial charge on any atom is -0.309 e. The summed E-state index contributed by atoms with van der Waals surface area (Å²) in [7, 11) is 0. The van der Waals surface area contributed by atoms with Gasteiger partial charge in [0.25, 0.3) is 0 Å². The summed E-state index contributed by atoms with van der Waals surface area (Å²) in [4.78, 5) is 4.82. The van der Waals surface area contributed by atoms with Crippen molar-refractivity contribution in [1.29, 1.82) is 0 Å². The molecule has 6 aromatic carbocycles. The Morgan fingerprint density at radius 3 is 1.36 bits per heavy atom. The van der Waals surface area contributed by atoms with Gasteiger partial charge in [0.2, 0.25) is 0 Å². The smallest absolute Gasteiger partial charge is 0.145 e. The molecule has 0 atom stereocenters. The van der Waals surface area contributed by atoms with E-state index in [0.29, 0.717) is 0 Å². The fraction of sp³-hybridized carbons (Fsp3) is 0. The van der Waals surface area contributed by atoms with Crippen molar-refractivity contribution < 1.29 is 0 Å². The molecule has 0 unspecified atom stereocenters. The fourth-order valence-corrected chi connectivity index (χ4v) is 7.41. The molecule has 10 rings (SSSR count). The van der Waals surface area contributed by atoms with Crippen LogP contribution in [-0.2, 0) is 0 Å². The Labute approximate surface area is 258 Å². The van der Waals surface area contributed by atoms with E-state index in [2.05, 4.69) is 159 Å². The van der Waals surface area contributed by atoms with Crippen LogP contribution < -0.4 is 0 Å². The Morgan fingerprint density at radius 2 is 0.756 bits per heavy atom. The number of pyridine rings is 1. The van der Waals surface area contributed by atoms with Crippen molar-refractivity contribution in [3.05, 3.63) is 158 Å². The average molecular weight is 575 g/mol. The number of nitrogens with zero attached hydrogens (tertiary/aromatic N) is 4. The van der Waals surface area contributed by atoms with E-state index >= 15 is 0 Å². The van der Waals surface area contributed by atoms with Crippen LogP contribution in [0.2, 0.25) is 0 Å². The second-order valence-electron chi connectivity index (χ2n) is 11.7. The Kier molecular flexibility index (Phi) is 4.96. The predicted molar refractivity (Wildman–Crippen MR) is 187 cm³/mol. The van der Waals surface area contributed by atoms with Crippen molar-refractivity contribution >= 4 is 65.5 Å². The van der Waals surface area contributed by atoms with E-state index in [1.807, 2.05) is 12.3 Å². The Balaban J connectivity index is 1.22. The van der Waals surface area contributed by atoms with Crippen LogP contribution in [0.1, 0.15) is 0 Å². The molecule has 4 heterocycles. The molecule has 4 aromatic heterocycles. The third-order valence-electron chi connectivity index (χ3n) is 9.27. The highest BCUT2D eigenvalue weighted by Gasteiger charge is 2.18. The molecule has 4 nitrogen and oxygen atoms in total. The van der Waals surface area contributed by atoms with E-state index in [-0.39, 0.29) is 0 Å². The molecule has 0 spiro atoms. The van der Waals surface area contributed by atoms with Crippen LogP contribution in [0.15, 0.2) is 158 Å². The average Bonchev–Trinajstić information content (AvgIpc) is 3.74. The lowest BCUT2D eigenvalue weighted by molar-refractivity contribution is 1.13. The second kappa shape index (κ2) is 9.18. The Morgan fingerprint density at radius 1 is 0.311 bits per heavy atom. The normalized spacial score (nSPS) is 12.0. The van der Waals surface area contributed by atoms with Crippen LogP contribution >= 0.6 is 0 Å². The first kappa shape index (κ1) is 24.3. The van der Waals surface area contributed by atoms with E-state index < -0.39 is 0 Å². The summed E-state index contributed by atoms with van der Waals surface area (Å²) in [5.41, 5.74) is 10.3. The first-order valence-corrected chi connectivity index (χ1v) is 15.3. The summed E-state index contributed by atoms with van der Waals surface area (Å²) in [6.45, 7) is 0. The number of fused-ring (bicyclic) bond motifs is 9. The van der Waals surface area contributed by atoms with Crippen LogP contribution in [-0.4, -0.2) is 18.7 Å². The summed E-state index contributed by atoms with van der Waals surface area (Å²) in [6, 6.07) is 54.6. The monoisotopic (exact) mass is 574 g/mol. The molecule has 0 aliphatic heterocycles. The first-order chi connectivity index (χ1) is 22.3. The summed E-state index contributed by atoms with van der Waals surface area (Å²) >= 11 is 0. The number of hydrogen-bond donors (Lipinski definition) is 0. The van der Waals surface area contributed by atoms with E-state index in [1.165, 1.54) is 49.0 Å². The highest BCUT2D eigenvalue weighted by molar-refractivity contribution is 6.12. The lowest BCUT2D eigenvalue weighted by Crippen LogP contribution is -1.99. The van der Waals surface area contributed by atoms with Crippen LogP contribution in [0.5, 0.6) is 0 Å². The minimum absolute atomic E-state index is 0.973. The SMILES string of the molecule is c1cc(-n2c3ccccc3c3ccccc32)cc(-n2c3ccccc3c3cc(-n4c5ccccc5c5cccnc54)ccc32)c1. The molecule has 0 fully saturated rings. The molecule has 4 heteroatoms. The maximum atomic E-state index is 4.82. The third-order valence-corrected chi connectivity index (χ3v) is 9.27. The lowest BCUT2D eigenvalue weighted by Gasteiger charge is -2.13. The molecule has 45 heavy (non-hydrogen) atoms. The highest BCUT2D eigenvalue weighted by Crippen LogP contribution is 2.37. The molecule has 0 aliphatic carbocycles. The van der Waals surface area contributed by atoms with Gasteiger partial charge in [-0.05, 0) is 72.8 Å². The first-order valence-electron chi connectivity index (χ1n) is 15.3. The minimum atomic E-state index is 0.973. The van der Waals surface area contributed by atoms with Gasteiger partial charge in [-0.15, -0.1) is 0 Å². The molecule has 210 valence electrons. The van der Waals surface area contributed by atoms with Crippen molar-refractivity contribution in [2.45, 2.75) is 0 Å². The summed E-state index contributed by atoms with van der Waals surface area (Å²) < 4.78 is 7.07. The maximum Gasteiger partial charge on any atom is 0.145 e. The van der Waals surface area contributed by atoms with Crippen molar-refractivity contribution in [2.24, 2.45) is 0 Å².